The molecule has 0 saturated carbocycles. The van der Waals surface area contributed by atoms with Gasteiger partial charge in [-0.05, 0) is 42.2 Å². The smallest absolute Gasteiger partial charge is 0.269 e. The van der Waals surface area contributed by atoms with Gasteiger partial charge in [0, 0.05) is 25.2 Å². The van der Waals surface area contributed by atoms with Crippen LogP contribution >= 0.6 is 0 Å². The van der Waals surface area contributed by atoms with Gasteiger partial charge in [0.2, 0.25) is 10.0 Å². The Labute approximate surface area is 187 Å². The van der Waals surface area contributed by atoms with E-state index in [1.165, 1.54) is 22.0 Å². The third-order valence-corrected chi connectivity index (χ3v) is 8.23. The highest BCUT2D eigenvalue weighted by Crippen LogP contribution is 2.47. The highest BCUT2D eigenvalue weighted by molar-refractivity contribution is 7.89. The van der Waals surface area contributed by atoms with Crippen LogP contribution in [0.15, 0.2) is 77.7 Å². The molecule has 0 spiro atoms. The van der Waals surface area contributed by atoms with Crippen molar-refractivity contribution in [1.82, 2.24) is 9.21 Å². The minimum atomic E-state index is -3.82. The predicted molar refractivity (Wildman–Crippen MR) is 121 cm³/mol. The number of nitrogens with zero attached hydrogens (tertiary/aromatic N) is 3. The van der Waals surface area contributed by atoms with Gasteiger partial charge in [-0.25, -0.2) is 8.42 Å². The summed E-state index contributed by atoms with van der Waals surface area (Å²) in [7, 11) is -3.82. The van der Waals surface area contributed by atoms with Gasteiger partial charge in [0.15, 0.2) is 0 Å². The van der Waals surface area contributed by atoms with Gasteiger partial charge in [-0.15, -0.1) is 0 Å². The molecule has 0 amide bonds. The van der Waals surface area contributed by atoms with Gasteiger partial charge in [0.05, 0.1) is 15.9 Å². The molecule has 0 bridgehead atoms. The van der Waals surface area contributed by atoms with E-state index < -0.39 is 21.1 Å². The lowest BCUT2D eigenvalue weighted by Crippen LogP contribution is -2.37. The zero-order valence-corrected chi connectivity index (χ0v) is 18.4. The minimum Gasteiger partial charge on any atom is -0.274 e. The fraction of sp³-hybridized carbons (Fsp3) is 0.250. The van der Waals surface area contributed by atoms with E-state index in [0.29, 0.717) is 18.7 Å². The average Bonchev–Trinajstić information content (AvgIpc) is 3.20. The van der Waals surface area contributed by atoms with Gasteiger partial charge in [0.25, 0.3) is 5.69 Å². The third-order valence-electron chi connectivity index (χ3n) is 6.40. The van der Waals surface area contributed by atoms with Crippen LogP contribution in [0.3, 0.4) is 0 Å². The molecule has 0 N–H and O–H groups in total. The molecule has 2 aliphatic heterocycles. The van der Waals surface area contributed by atoms with Crippen molar-refractivity contribution in [2.24, 2.45) is 0 Å². The number of hydrogen-bond acceptors (Lipinski definition) is 5. The Balaban J connectivity index is 1.65. The monoisotopic (exact) mass is 449 g/mol. The van der Waals surface area contributed by atoms with Gasteiger partial charge >= 0.3 is 0 Å². The summed E-state index contributed by atoms with van der Waals surface area (Å²) in [6.07, 6.45) is 0.191. The van der Waals surface area contributed by atoms with Gasteiger partial charge in [-0.1, -0.05) is 54.1 Å². The number of rotatable bonds is 4. The summed E-state index contributed by atoms with van der Waals surface area (Å²) in [6.45, 7) is 2.88. The van der Waals surface area contributed by atoms with Crippen LogP contribution in [0.1, 0.15) is 34.5 Å². The molecule has 1 fully saturated rings. The zero-order valence-electron chi connectivity index (χ0n) is 17.6. The van der Waals surface area contributed by atoms with Crippen molar-refractivity contribution in [3.63, 3.8) is 0 Å². The van der Waals surface area contributed by atoms with E-state index in [0.717, 1.165) is 17.5 Å². The highest BCUT2D eigenvalue weighted by Gasteiger charge is 2.48. The number of non-ortho nitro benzene ring substituents is 1. The predicted octanol–water partition coefficient (Wildman–Crippen LogP) is 4.21. The van der Waals surface area contributed by atoms with Gasteiger partial charge in [-0.3, -0.25) is 15.0 Å². The molecule has 1 saturated heterocycles. The second kappa shape index (κ2) is 7.81. The van der Waals surface area contributed by atoms with Crippen LogP contribution in [0.5, 0.6) is 0 Å². The Morgan fingerprint density at radius 2 is 1.75 bits per heavy atom. The first-order valence-electron chi connectivity index (χ1n) is 10.5. The van der Waals surface area contributed by atoms with Crippen molar-refractivity contribution in [3.05, 3.63) is 105 Å². The molecule has 7 nitrogen and oxygen atoms in total. The van der Waals surface area contributed by atoms with E-state index in [1.807, 2.05) is 19.1 Å². The summed E-state index contributed by atoms with van der Waals surface area (Å²) in [4.78, 5) is 13.4. The molecule has 0 aromatic heterocycles. The molecule has 3 aromatic carbocycles. The summed E-state index contributed by atoms with van der Waals surface area (Å²) >= 11 is 0. The number of fused-ring (bicyclic) bond motifs is 3. The Kier molecular flexibility index (Phi) is 5.08. The molecule has 164 valence electrons. The summed E-state index contributed by atoms with van der Waals surface area (Å²) in [5, 5.41) is 11.4. The van der Waals surface area contributed by atoms with Crippen LogP contribution in [-0.2, 0) is 16.4 Å². The van der Waals surface area contributed by atoms with Crippen LogP contribution in [0, 0.1) is 17.0 Å². The second-order valence-corrected chi connectivity index (χ2v) is 10.2. The van der Waals surface area contributed by atoms with E-state index in [1.54, 1.807) is 36.4 Å². The number of sulfonamides is 1. The molecule has 2 unspecified atom stereocenters. The highest BCUT2D eigenvalue weighted by atomic mass is 32.2. The topological polar surface area (TPSA) is 83.8 Å². The van der Waals surface area contributed by atoms with Gasteiger partial charge in [-0.2, -0.15) is 4.31 Å². The standard InChI is InChI=1S/C24H23N3O4S/c1-17-9-11-21(12-10-17)32(30,31)26-16-23-22-8-3-2-5-18(22)13-14-25(23)24(26)19-6-4-7-20(15-19)27(28)29/h2-12,15,23-24H,13-14,16H2,1H3. The molecule has 3 aromatic rings. The Morgan fingerprint density at radius 3 is 2.50 bits per heavy atom. The van der Waals surface area contributed by atoms with Crippen molar-refractivity contribution in [2.75, 3.05) is 13.1 Å². The van der Waals surface area contributed by atoms with Crippen LogP contribution in [-0.4, -0.2) is 35.6 Å². The number of aryl methyl sites for hydroxylation is 1. The second-order valence-electron chi connectivity index (χ2n) is 8.32. The van der Waals surface area contributed by atoms with Crippen molar-refractivity contribution in [2.45, 2.75) is 30.4 Å². The van der Waals surface area contributed by atoms with Crippen LogP contribution in [0.4, 0.5) is 5.69 Å². The molecule has 32 heavy (non-hydrogen) atoms. The molecule has 0 aliphatic carbocycles. The van der Waals surface area contributed by atoms with Crippen LogP contribution < -0.4 is 0 Å². The molecular weight excluding hydrogens is 426 g/mol. The van der Waals surface area contributed by atoms with E-state index in [2.05, 4.69) is 17.0 Å². The molecule has 2 heterocycles. The summed E-state index contributed by atoms with van der Waals surface area (Å²) in [5.74, 6) is 0. The Hall–Kier alpha value is -3.07. The lowest BCUT2D eigenvalue weighted by molar-refractivity contribution is -0.385. The molecule has 2 atom stereocenters. The number of nitro groups is 1. The molecule has 5 rings (SSSR count). The third kappa shape index (κ3) is 3.40. The normalized spacial score (nSPS) is 21.2. The Morgan fingerprint density at radius 1 is 1.00 bits per heavy atom. The first kappa shape index (κ1) is 20.8. The fourth-order valence-electron chi connectivity index (χ4n) is 4.83. The number of hydrogen-bond donors (Lipinski definition) is 0. The maximum absolute atomic E-state index is 13.8. The number of nitro benzene ring substituents is 1. The first-order valence-corrected chi connectivity index (χ1v) is 12.0. The maximum atomic E-state index is 13.8. The fourth-order valence-corrected chi connectivity index (χ4v) is 6.43. The number of benzene rings is 3. The van der Waals surface area contributed by atoms with E-state index in [9.17, 15) is 18.5 Å². The summed E-state index contributed by atoms with van der Waals surface area (Å²) in [5.41, 5.74) is 3.89. The van der Waals surface area contributed by atoms with Crippen molar-refractivity contribution >= 4 is 15.7 Å². The van der Waals surface area contributed by atoms with E-state index in [4.69, 9.17) is 0 Å². The molecule has 8 heteroatoms. The molecular formula is C24H23N3O4S. The van der Waals surface area contributed by atoms with Crippen LogP contribution in [0.2, 0.25) is 0 Å². The largest absolute Gasteiger partial charge is 0.274 e. The first-order chi connectivity index (χ1) is 15.4. The van der Waals surface area contributed by atoms with Gasteiger partial charge in [0.1, 0.15) is 6.17 Å². The lowest BCUT2D eigenvalue weighted by Gasteiger charge is -2.35. The minimum absolute atomic E-state index is 0.0453. The zero-order chi connectivity index (χ0) is 22.5. The van der Waals surface area contributed by atoms with Crippen molar-refractivity contribution in [3.8, 4) is 0 Å². The SMILES string of the molecule is Cc1ccc(S(=O)(=O)N2CC3c4ccccc4CCN3C2c2cccc([N+](=O)[O-])c2)cc1. The van der Waals surface area contributed by atoms with Crippen LogP contribution in [0.25, 0.3) is 0 Å². The van der Waals surface area contributed by atoms with E-state index >= 15 is 0 Å². The average molecular weight is 450 g/mol. The maximum Gasteiger partial charge on any atom is 0.269 e. The van der Waals surface area contributed by atoms with Gasteiger partial charge < -0.3 is 0 Å². The Bertz CT molecular complexity index is 1290. The van der Waals surface area contributed by atoms with E-state index in [-0.39, 0.29) is 16.6 Å². The molecule has 2 aliphatic rings. The van der Waals surface area contributed by atoms with Crippen molar-refractivity contribution in [1.29, 1.82) is 0 Å². The summed E-state index contributed by atoms with van der Waals surface area (Å²) < 4.78 is 29.0. The lowest BCUT2D eigenvalue weighted by atomic mass is 9.93. The molecule has 0 radical (unpaired) electrons. The van der Waals surface area contributed by atoms with Crippen molar-refractivity contribution < 1.29 is 13.3 Å². The quantitative estimate of drug-likeness (QED) is 0.440. The summed E-state index contributed by atoms with van der Waals surface area (Å²) in [6, 6.07) is 21.2.